The molecule has 21 heavy (non-hydrogen) atoms. The molecule has 0 aliphatic rings. The molecule has 0 amide bonds. The summed E-state index contributed by atoms with van der Waals surface area (Å²) in [6.45, 7) is 7.63. The lowest BCUT2D eigenvalue weighted by atomic mass is 9.78. The number of carbonyl (C=O) groups is 1. The first kappa shape index (κ1) is 17.7. The van der Waals surface area contributed by atoms with Gasteiger partial charge in [0, 0.05) is 0 Å². The van der Waals surface area contributed by atoms with Crippen molar-refractivity contribution in [2.75, 3.05) is 0 Å². The van der Waals surface area contributed by atoms with Crippen LogP contribution in [0.4, 0.5) is 0 Å². The molecular formula is C15H23BNO4. The molecular weight excluding hydrogens is 269 g/mol. The van der Waals surface area contributed by atoms with Crippen molar-refractivity contribution >= 4 is 13.7 Å². The largest absolute Gasteiger partial charge is 0.485 e. The van der Waals surface area contributed by atoms with Crippen LogP contribution in [0.15, 0.2) is 24.3 Å². The third kappa shape index (κ3) is 4.56. The number of nitrogens with two attached hydrogens (primary N) is 1. The van der Waals surface area contributed by atoms with Gasteiger partial charge in [0.25, 0.3) is 0 Å². The van der Waals surface area contributed by atoms with Gasteiger partial charge in [-0.05, 0) is 36.8 Å². The third-order valence-corrected chi connectivity index (χ3v) is 3.76. The Hall–Kier alpha value is -1.37. The van der Waals surface area contributed by atoms with Crippen molar-refractivity contribution in [2.24, 2.45) is 5.73 Å². The molecule has 0 aromatic heterocycles. The van der Waals surface area contributed by atoms with E-state index in [9.17, 15) is 4.79 Å². The van der Waals surface area contributed by atoms with Gasteiger partial charge < -0.3 is 20.5 Å². The number of carboxylic acids is 1. The van der Waals surface area contributed by atoms with Gasteiger partial charge in [0.2, 0.25) is 0 Å². The molecule has 0 unspecified atom stereocenters. The lowest BCUT2D eigenvalue weighted by molar-refractivity contribution is -0.139. The summed E-state index contributed by atoms with van der Waals surface area (Å²) in [5.74, 6) is -0.993. The summed E-state index contributed by atoms with van der Waals surface area (Å²) >= 11 is 0. The zero-order valence-corrected chi connectivity index (χ0v) is 13.0. The molecule has 1 rings (SSSR count). The molecule has 0 aliphatic heterocycles. The number of carboxylic acid groups (broad SMARTS) is 1. The highest BCUT2D eigenvalue weighted by Crippen LogP contribution is 2.31. The Labute approximate surface area is 126 Å². The smallest absolute Gasteiger partial charge is 0.480 e. The predicted octanol–water partition coefficient (Wildman–Crippen LogP) is 1.54. The normalized spacial score (nSPS) is 13.8. The molecule has 1 aromatic carbocycles. The van der Waals surface area contributed by atoms with Gasteiger partial charge in [-0.15, -0.1) is 0 Å². The SMILES string of the molecule is CC(C)(C[C@H](N)C(=O)O)c1ccc(C(C)(C)O[B]O)cc1. The van der Waals surface area contributed by atoms with Gasteiger partial charge >= 0.3 is 13.7 Å². The Balaban J connectivity index is 2.93. The highest BCUT2D eigenvalue weighted by molar-refractivity contribution is 6.16. The lowest BCUT2D eigenvalue weighted by Gasteiger charge is -2.29. The Morgan fingerprint density at radius 1 is 1.24 bits per heavy atom. The first-order valence-corrected chi connectivity index (χ1v) is 6.83. The Kier molecular flexibility index (Phi) is 5.56. The van der Waals surface area contributed by atoms with Crippen LogP contribution in [0.2, 0.25) is 0 Å². The summed E-state index contributed by atoms with van der Waals surface area (Å²) in [4.78, 5) is 10.9. The van der Waals surface area contributed by atoms with Crippen molar-refractivity contribution in [1.29, 1.82) is 0 Å². The van der Waals surface area contributed by atoms with Gasteiger partial charge in [0.15, 0.2) is 0 Å². The zero-order chi connectivity index (χ0) is 16.3. The number of rotatable bonds is 7. The molecule has 0 saturated heterocycles. The summed E-state index contributed by atoms with van der Waals surface area (Å²) in [7, 11) is 0.684. The first-order valence-electron chi connectivity index (χ1n) is 6.83. The zero-order valence-electron chi connectivity index (χ0n) is 13.0. The Morgan fingerprint density at radius 2 is 1.71 bits per heavy atom. The van der Waals surface area contributed by atoms with Crippen molar-refractivity contribution in [3.63, 3.8) is 0 Å². The van der Waals surface area contributed by atoms with E-state index < -0.39 is 17.6 Å². The molecule has 115 valence electrons. The van der Waals surface area contributed by atoms with Crippen molar-refractivity contribution in [3.05, 3.63) is 35.4 Å². The Bertz CT molecular complexity index is 485. The second kappa shape index (κ2) is 6.60. The van der Waals surface area contributed by atoms with Gasteiger partial charge in [0.1, 0.15) is 6.04 Å². The van der Waals surface area contributed by atoms with E-state index in [0.29, 0.717) is 14.1 Å². The van der Waals surface area contributed by atoms with Crippen LogP contribution in [-0.4, -0.2) is 29.8 Å². The molecule has 5 nitrogen and oxygen atoms in total. The standard InChI is InChI=1S/C15H23BNO4/c1-14(2,9-12(17)13(18)19)10-5-7-11(8-6-10)15(3,4)21-16-20/h5-8,12,20H,9,17H2,1-4H3,(H,18,19)/t12-/m0/s1. The highest BCUT2D eigenvalue weighted by Gasteiger charge is 2.28. The average Bonchev–Trinajstić information content (AvgIpc) is 2.38. The number of hydrogen-bond acceptors (Lipinski definition) is 4. The van der Waals surface area contributed by atoms with Gasteiger partial charge in [0.05, 0.1) is 5.60 Å². The summed E-state index contributed by atoms with van der Waals surface area (Å²) in [6.07, 6.45) is 0.353. The molecule has 0 heterocycles. The summed E-state index contributed by atoms with van der Waals surface area (Å²) in [6, 6.07) is 6.81. The molecule has 1 aromatic rings. The Morgan fingerprint density at radius 3 is 2.14 bits per heavy atom. The van der Waals surface area contributed by atoms with E-state index in [2.05, 4.69) is 0 Å². The fourth-order valence-corrected chi connectivity index (χ4v) is 2.28. The first-order chi connectivity index (χ1) is 9.60. The highest BCUT2D eigenvalue weighted by atomic mass is 16.5. The van der Waals surface area contributed by atoms with Gasteiger partial charge in [-0.25, -0.2) is 0 Å². The summed E-state index contributed by atoms with van der Waals surface area (Å²) in [5.41, 5.74) is 6.57. The molecule has 4 N–H and O–H groups in total. The third-order valence-electron chi connectivity index (χ3n) is 3.76. The van der Waals surface area contributed by atoms with Crippen molar-refractivity contribution in [2.45, 2.75) is 51.2 Å². The molecule has 1 radical (unpaired) electrons. The maximum Gasteiger partial charge on any atom is 0.485 e. The molecule has 0 spiro atoms. The van der Waals surface area contributed by atoms with E-state index in [1.807, 2.05) is 52.0 Å². The predicted molar refractivity (Wildman–Crippen MR) is 81.8 cm³/mol. The number of aliphatic carboxylic acids is 1. The maximum atomic E-state index is 10.9. The van der Waals surface area contributed by atoms with Crippen LogP contribution in [-0.2, 0) is 20.5 Å². The van der Waals surface area contributed by atoms with Crippen LogP contribution < -0.4 is 5.73 Å². The van der Waals surface area contributed by atoms with Crippen molar-refractivity contribution in [1.82, 2.24) is 0 Å². The number of benzene rings is 1. The molecule has 6 heteroatoms. The van der Waals surface area contributed by atoms with E-state index in [0.717, 1.165) is 11.1 Å². The summed E-state index contributed by atoms with van der Waals surface area (Å²) < 4.78 is 5.17. The lowest BCUT2D eigenvalue weighted by Crippen LogP contribution is -2.36. The second-order valence-electron chi connectivity index (χ2n) is 6.34. The van der Waals surface area contributed by atoms with Crippen LogP contribution in [0.1, 0.15) is 45.2 Å². The fraction of sp³-hybridized carbons (Fsp3) is 0.533. The topological polar surface area (TPSA) is 92.8 Å². The van der Waals surface area contributed by atoms with E-state index >= 15 is 0 Å². The minimum atomic E-state index is -0.993. The fourth-order valence-electron chi connectivity index (χ4n) is 2.28. The van der Waals surface area contributed by atoms with Crippen molar-refractivity contribution < 1.29 is 19.6 Å². The minimum Gasteiger partial charge on any atom is -0.480 e. The molecule has 1 atom stereocenters. The monoisotopic (exact) mass is 292 g/mol. The van der Waals surface area contributed by atoms with Crippen LogP contribution in [0, 0.1) is 0 Å². The van der Waals surface area contributed by atoms with Crippen LogP contribution in [0.3, 0.4) is 0 Å². The molecule has 0 aliphatic carbocycles. The van der Waals surface area contributed by atoms with Gasteiger partial charge in [-0.2, -0.15) is 0 Å². The number of hydrogen-bond donors (Lipinski definition) is 3. The van der Waals surface area contributed by atoms with Gasteiger partial charge in [-0.3, -0.25) is 4.79 Å². The van der Waals surface area contributed by atoms with E-state index in [1.54, 1.807) is 0 Å². The molecule has 0 bridgehead atoms. The van der Waals surface area contributed by atoms with E-state index in [4.69, 9.17) is 20.5 Å². The van der Waals surface area contributed by atoms with Crippen LogP contribution >= 0.6 is 0 Å². The maximum absolute atomic E-state index is 10.9. The van der Waals surface area contributed by atoms with Gasteiger partial charge in [-0.1, -0.05) is 38.1 Å². The van der Waals surface area contributed by atoms with E-state index in [1.165, 1.54) is 0 Å². The quantitative estimate of drug-likeness (QED) is 0.663. The second-order valence-corrected chi connectivity index (χ2v) is 6.34. The minimum absolute atomic E-state index is 0.343. The van der Waals surface area contributed by atoms with Crippen molar-refractivity contribution in [3.8, 4) is 0 Å². The van der Waals surface area contributed by atoms with Crippen LogP contribution in [0.5, 0.6) is 0 Å². The molecule has 0 fully saturated rings. The average molecular weight is 292 g/mol. The molecule has 0 saturated carbocycles. The summed E-state index contributed by atoms with van der Waals surface area (Å²) in [5, 5.41) is 17.7. The van der Waals surface area contributed by atoms with Crippen LogP contribution in [0.25, 0.3) is 0 Å². The van der Waals surface area contributed by atoms with E-state index in [-0.39, 0.29) is 5.41 Å².